The lowest BCUT2D eigenvalue weighted by atomic mass is 10.1. The molecule has 2 heterocycles. The fourth-order valence-corrected chi connectivity index (χ4v) is 3.53. The number of hydrogen-bond acceptors (Lipinski definition) is 4. The molecule has 0 saturated carbocycles. The molecule has 132 valence electrons. The van der Waals surface area contributed by atoms with Gasteiger partial charge in [-0.1, -0.05) is 23.2 Å². The zero-order valence-corrected chi connectivity index (χ0v) is 14.8. The number of carboxylic acid groups (broad SMARTS) is 1. The molecule has 0 radical (unpaired) electrons. The van der Waals surface area contributed by atoms with Crippen LogP contribution in [0.4, 0.5) is 5.69 Å². The fraction of sp³-hybridized carbons (Fsp3) is 0.167. The average molecular weight is 391 g/mol. The molecule has 26 heavy (non-hydrogen) atoms. The molecule has 1 atom stereocenters. The molecule has 1 aromatic heterocycles. The Morgan fingerprint density at radius 3 is 2.58 bits per heavy atom. The molecule has 1 amide bonds. The van der Waals surface area contributed by atoms with E-state index in [2.05, 4.69) is 4.98 Å². The van der Waals surface area contributed by atoms with Gasteiger partial charge in [-0.05, 0) is 30.3 Å². The van der Waals surface area contributed by atoms with Gasteiger partial charge in [-0.25, -0.2) is 4.98 Å². The van der Waals surface area contributed by atoms with Gasteiger partial charge in [0.05, 0.1) is 5.92 Å². The third-order valence-corrected chi connectivity index (χ3v) is 4.70. The third kappa shape index (κ3) is 3.02. The molecule has 1 aliphatic rings. The fourth-order valence-electron chi connectivity index (χ4n) is 3.00. The van der Waals surface area contributed by atoms with Crippen LogP contribution in [0.1, 0.15) is 6.42 Å². The predicted octanol–water partition coefficient (Wildman–Crippen LogP) is 4.24. The van der Waals surface area contributed by atoms with E-state index in [1.165, 1.54) is 4.90 Å². The topological polar surface area (TPSA) is 83.6 Å². The Kier molecular flexibility index (Phi) is 4.09. The van der Waals surface area contributed by atoms with Gasteiger partial charge < -0.3 is 14.4 Å². The van der Waals surface area contributed by atoms with Crippen molar-refractivity contribution in [1.82, 2.24) is 4.98 Å². The quantitative estimate of drug-likeness (QED) is 0.722. The van der Waals surface area contributed by atoms with E-state index < -0.39 is 11.9 Å². The first-order valence-corrected chi connectivity index (χ1v) is 8.56. The number of aromatic nitrogens is 1. The largest absolute Gasteiger partial charge is 0.481 e. The molecule has 1 saturated heterocycles. The number of fused-ring (bicyclic) bond motifs is 1. The molecule has 2 aromatic carbocycles. The third-order valence-electron chi connectivity index (χ3n) is 4.27. The van der Waals surface area contributed by atoms with Crippen LogP contribution in [0.25, 0.3) is 22.6 Å². The van der Waals surface area contributed by atoms with Crippen LogP contribution in [0.15, 0.2) is 40.8 Å². The summed E-state index contributed by atoms with van der Waals surface area (Å²) in [5.74, 6) is -1.53. The smallest absolute Gasteiger partial charge is 0.308 e. The monoisotopic (exact) mass is 390 g/mol. The number of carbonyl (C=O) groups is 2. The van der Waals surface area contributed by atoms with Crippen LogP contribution in [0, 0.1) is 5.92 Å². The van der Waals surface area contributed by atoms with Crippen molar-refractivity contribution in [2.75, 3.05) is 11.4 Å². The van der Waals surface area contributed by atoms with Crippen LogP contribution in [0.3, 0.4) is 0 Å². The lowest BCUT2D eigenvalue weighted by Gasteiger charge is -2.15. The Hall–Kier alpha value is -2.57. The molecular weight excluding hydrogens is 379 g/mol. The van der Waals surface area contributed by atoms with Gasteiger partial charge in [0.1, 0.15) is 5.52 Å². The number of amides is 1. The molecule has 0 bridgehead atoms. The Morgan fingerprint density at radius 2 is 1.92 bits per heavy atom. The van der Waals surface area contributed by atoms with E-state index in [0.29, 0.717) is 38.3 Å². The van der Waals surface area contributed by atoms with Gasteiger partial charge in [0.15, 0.2) is 5.58 Å². The molecule has 8 heteroatoms. The van der Waals surface area contributed by atoms with E-state index in [1.807, 2.05) is 0 Å². The Balaban J connectivity index is 1.70. The molecule has 3 aromatic rings. The van der Waals surface area contributed by atoms with E-state index in [1.54, 1.807) is 36.4 Å². The minimum absolute atomic E-state index is 0.00393. The van der Waals surface area contributed by atoms with Crippen LogP contribution in [0.5, 0.6) is 0 Å². The van der Waals surface area contributed by atoms with Gasteiger partial charge in [-0.15, -0.1) is 0 Å². The van der Waals surface area contributed by atoms with E-state index in [-0.39, 0.29) is 18.9 Å². The molecule has 1 fully saturated rings. The Bertz CT molecular complexity index is 1030. The molecule has 1 unspecified atom stereocenters. The van der Waals surface area contributed by atoms with E-state index in [9.17, 15) is 9.59 Å². The first kappa shape index (κ1) is 16.9. The van der Waals surface area contributed by atoms with Crippen molar-refractivity contribution in [1.29, 1.82) is 0 Å². The number of nitrogens with zero attached hydrogens (tertiary/aromatic N) is 2. The zero-order chi connectivity index (χ0) is 18.4. The number of rotatable bonds is 3. The van der Waals surface area contributed by atoms with Crippen LogP contribution in [-0.2, 0) is 9.59 Å². The number of benzene rings is 2. The lowest BCUT2D eigenvalue weighted by molar-refractivity contribution is -0.141. The highest BCUT2D eigenvalue weighted by atomic mass is 35.5. The maximum atomic E-state index is 12.1. The highest BCUT2D eigenvalue weighted by molar-refractivity contribution is 6.35. The summed E-state index contributed by atoms with van der Waals surface area (Å²) >= 11 is 12.0. The van der Waals surface area contributed by atoms with Gasteiger partial charge in [0.2, 0.25) is 11.8 Å². The van der Waals surface area contributed by atoms with Gasteiger partial charge in [-0.3, -0.25) is 9.59 Å². The number of halogens is 2. The molecule has 1 aliphatic heterocycles. The zero-order valence-electron chi connectivity index (χ0n) is 13.3. The first-order chi connectivity index (χ1) is 12.4. The SMILES string of the molecule is O=C(O)C1CC(=O)N(c2ccc3nc(-c4cc(Cl)cc(Cl)c4)oc3c2)C1. The summed E-state index contributed by atoms with van der Waals surface area (Å²) < 4.78 is 5.79. The second-order valence-electron chi connectivity index (χ2n) is 6.07. The number of carbonyl (C=O) groups excluding carboxylic acids is 1. The van der Waals surface area contributed by atoms with Crippen molar-refractivity contribution in [3.63, 3.8) is 0 Å². The maximum Gasteiger partial charge on any atom is 0.308 e. The van der Waals surface area contributed by atoms with Gasteiger partial charge in [-0.2, -0.15) is 0 Å². The second-order valence-corrected chi connectivity index (χ2v) is 6.95. The predicted molar refractivity (Wildman–Crippen MR) is 97.6 cm³/mol. The standard InChI is InChI=1S/C18H12Cl2N2O4/c19-11-3-9(4-12(20)6-11)17-21-14-2-1-13(7-15(14)26-17)22-8-10(18(24)25)5-16(22)23/h1-4,6-7,10H,5,8H2,(H,24,25). The number of hydrogen-bond donors (Lipinski definition) is 1. The summed E-state index contributed by atoms with van der Waals surface area (Å²) in [6.07, 6.45) is -0.00393. The number of oxazole rings is 1. The maximum absolute atomic E-state index is 12.1. The van der Waals surface area contributed by atoms with Crippen molar-refractivity contribution < 1.29 is 19.1 Å². The summed E-state index contributed by atoms with van der Waals surface area (Å²) in [5.41, 5.74) is 2.32. The summed E-state index contributed by atoms with van der Waals surface area (Å²) in [4.78, 5) is 29.1. The van der Waals surface area contributed by atoms with Crippen LogP contribution in [0.2, 0.25) is 10.0 Å². The van der Waals surface area contributed by atoms with Crippen molar-refractivity contribution in [3.8, 4) is 11.5 Å². The van der Waals surface area contributed by atoms with Gasteiger partial charge >= 0.3 is 5.97 Å². The van der Waals surface area contributed by atoms with E-state index in [0.717, 1.165) is 0 Å². The van der Waals surface area contributed by atoms with E-state index >= 15 is 0 Å². The van der Waals surface area contributed by atoms with Crippen LogP contribution < -0.4 is 4.90 Å². The summed E-state index contributed by atoms with van der Waals surface area (Å²) in [7, 11) is 0. The number of carboxylic acids is 1. The normalized spacial score (nSPS) is 17.2. The van der Waals surface area contributed by atoms with E-state index in [4.69, 9.17) is 32.7 Å². The molecule has 1 N–H and O–H groups in total. The van der Waals surface area contributed by atoms with Gasteiger partial charge in [0, 0.05) is 40.3 Å². The van der Waals surface area contributed by atoms with Crippen LogP contribution in [-0.4, -0.2) is 28.5 Å². The molecule has 0 aliphatic carbocycles. The molecule has 6 nitrogen and oxygen atoms in total. The Morgan fingerprint density at radius 1 is 1.19 bits per heavy atom. The van der Waals surface area contributed by atoms with Crippen molar-refractivity contribution in [2.45, 2.75) is 6.42 Å². The van der Waals surface area contributed by atoms with Crippen molar-refractivity contribution >= 4 is 51.9 Å². The number of anilines is 1. The minimum atomic E-state index is -0.971. The molecular formula is C18H12Cl2N2O4. The number of aliphatic carboxylic acids is 1. The summed E-state index contributed by atoms with van der Waals surface area (Å²) in [6, 6.07) is 10.1. The Labute approximate surface area is 157 Å². The van der Waals surface area contributed by atoms with Crippen molar-refractivity contribution in [2.24, 2.45) is 5.92 Å². The summed E-state index contributed by atoms with van der Waals surface area (Å²) in [5, 5.41) is 10.1. The summed E-state index contributed by atoms with van der Waals surface area (Å²) in [6.45, 7) is 0.143. The van der Waals surface area contributed by atoms with Crippen molar-refractivity contribution in [3.05, 3.63) is 46.4 Å². The highest BCUT2D eigenvalue weighted by Gasteiger charge is 2.35. The second kappa shape index (κ2) is 6.30. The minimum Gasteiger partial charge on any atom is -0.481 e. The highest BCUT2D eigenvalue weighted by Crippen LogP contribution is 2.32. The lowest BCUT2D eigenvalue weighted by Crippen LogP contribution is -2.25. The first-order valence-electron chi connectivity index (χ1n) is 7.81. The molecule has 4 rings (SSSR count). The molecule has 0 spiro atoms. The average Bonchev–Trinajstić information content (AvgIpc) is 3.16. The van der Waals surface area contributed by atoms with Crippen LogP contribution >= 0.6 is 23.2 Å². The van der Waals surface area contributed by atoms with Gasteiger partial charge in [0.25, 0.3) is 0 Å².